The van der Waals surface area contributed by atoms with Crippen LogP contribution in [0.2, 0.25) is 0 Å². The minimum atomic E-state index is -0.0348. The van der Waals surface area contributed by atoms with Gasteiger partial charge in [0, 0.05) is 31.9 Å². The van der Waals surface area contributed by atoms with Crippen LogP contribution in [-0.4, -0.2) is 17.8 Å². The molecule has 0 atom stereocenters. The molecular formula is C15H19N3OS. The van der Waals surface area contributed by atoms with E-state index in [4.69, 9.17) is 5.73 Å². The molecule has 4 nitrogen and oxygen atoms in total. The fraction of sp³-hybridized carbons (Fsp3) is 0.333. The number of carbonyl (C=O) groups is 1. The molecule has 0 fully saturated rings. The van der Waals surface area contributed by atoms with Crippen LogP contribution in [0.5, 0.6) is 0 Å². The number of anilines is 2. The molecule has 0 saturated carbocycles. The van der Waals surface area contributed by atoms with Crippen LogP contribution in [0.25, 0.3) is 0 Å². The number of nitrogen functional groups attached to an aromatic ring is 1. The second kappa shape index (κ2) is 6.05. The van der Waals surface area contributed by atoms with E-state index in [0.717, 1.165) is 17.1 Å². The van der Waals surface area contributed by atoms with E-state index in [1.165, 1.54) is 11.3 Å². The maximum atomic E-state index is 12.1. The number of nitrogens with two attached hydrogens (primary N) is 1. The molecule has 0 saturated heterocycles. The third-order valence-electron chi connectivity index (χ3n) is 3.01. The molecule has 0 aliphatic heterocycles. The van der Waals surface area contributed by atoms with E-state index in [1.54, 1.807) is 6.20 Å². The van der Waals surface area contributed by atoms with Crippen molar-refractivity contribution in [1.29, 1.82) is 0 Å². The van der Waals surface area contributed by atoms with Crippen molar-refractivity contribution in [3.8, 4) is 0 Å². The van der Waals surface area contributed by atoms with Gasteiger partial charge in [-0.15, -0.1) is 11.3 Å². The quantitative estimate of drug-likeness (QED) is 0.859. The summed E-state index contributed by atoms with van der Waals surface area (Å²) in [4.78, 5) is 18.9. The minimum absolute atomic E-state index is 0.0348. The highest BCUT2D eigenvalue weighted by Gasteiger charge is 2.18. The van der Waals surface area contributed by atoms with Gasteiger partial charge < -0.3 is 10.6 Å². The van der Waals surface area contributed by atoms with E-state index in [-0.39, 0.29) is 11.7 Å². The number of hydrogen-bond donors (Lipinski definition) is 1. The van der Waals surface area contributed by atoms with Crippen molar-refractivity contribution >= 4 is 27.8 Å². The Labute approximate surface area is 123 Å². The lowest BCUT2D eigenvalue weighted by molar-refractivity contribution is 0.0944. The Morgan fingerprint density at radius 1 is 1.50 bits per heavy atom. The predicted octanol–water partition coefficient (Wildman–Crippen LogP) is 3.20. The molecule has 0 radical (unpaired) electrons. The van der Waals surface area contributed by atoms with Crippen LogP contribution >= 0.6 is 11.3 Å². The first-order valence-corrected chi connectivity index (χ1v) is 7.34. The lowest BCUT2D eigenvalue weighted by Crippen LogP contribution is -2.15. The molecule has 0 spiro atoms. The summed E-state index contributed by atoms with van der Waals surface area (Å²) in [6.07, 6.45) is 3.60. The fourth-order valence-electron chi connectivity index (χ4n) is 1.88. The van der Waals surface area contributed by atoms with Crippen LogP contribution in [0.1, 0.15) is 29.1 Å². The molecule has 106 valence electrons. The van der Waals surface area contributed by atoms with E-state index in [2.05, 4.69) is 9.88 Å². The highest BCUT2D eigenvalue weighted by molar-refractivity contribution is 7.18. The summed E-state index contributed by atoms with van der Waals surface area (Å²) in [6.45, 7) is 4.52. The Morgan fingerprint density at radius 2 is 2.25 bits per heavy atom. The van der Waals surface area contributed by atoms with E-state index >= 15 is 0 Å². The predicted molar refractivity (Wildman–Crippen MR) is 84.2 cm³/mol. The number of thiophene rings is 1. The Kier molecular flexibility index (Phi) is 4.39. The highest BCUT2D eigenvalue weighted by Crippen LogP contribution is 2.33. The van der Waals surface area contributed by atoms with Crippen molar-refractivity contribution in [2.75, 3.05) is 17.7 Å². The van der Waals surface area contributed by atoms with Crippen molar-refractivity contribution in [2.24, 2.45) is 5.92 Å². The van der Waals surface area contributed by atoms with Gasteiger partial charge in [0.2, 0.25) is 0 Å². The molecular weight excluding hydrogens is 270 g/mol. The molecule has 0 aliphatic rings. The van der Waals surface area contributed by atoms with Crippen LogP contribution in [0, 0.1) is 5.92 Å². The van der Waals surface area contributed by atoms with Crippen LogP contribution in [0.15, 0.2) is 30.6 Å². The molecule has 20 heavy (non-hydrogen) atoms. The van der Waals surface area contributed by atoms with Gasteiger partial charge >= 0.3 is 0 Å². The van der Waals surface area contributed by atoms with Gasteiger partial charge in [0.1, 0.15) is 0 Å². The zero-order chi connectivity index (χ0) is 14.7. The van der Waals surface area contributed by atoms with Crippen molar-refractivity contribution in [1.82, 2.24) is 4.98 Å². The SMILES string of the molecule is CC(C)C(=O)c1sc(N(C)Cc2cccnc2)cc1N. The number of hydrogen-bond acceptors (Lipinski definition) is 5. The van der Waals surface area contributed by atoms with Gasteiger partial charge in [-0.3, -0.25) is 9.78 Å². The van der Waals surface area contributed by atoms with Gasteiger partial charge in [0.25, 0.3) is 0 Å². The second-order valence-electron chi connectivity index (χ2n) is 5.11. The second-order valence-corrected chi connectivity index (χ2v) is 6.14. The molecule has 0 aliphatic carbocycles. The topological polar surface area (TPSA) is 59.2 Å². The third kappa shape index (κ3) is 3.17. The number of ketones is 1. The van der Waals surface area contributed by atoms with Gasteiger partial charge in [-0.25, -0.2) is 0 Å². The molecule has 2 aromatic heterocycles. The average molecular weight is 289 g/mol. The molecule has 5 heteroatoms. The monoisotopic (exact) mass is 289 g/mol. The minimum Gasteiger partial charge on any atom is -0.397 e. The smallest absolute Gasteiger partial charge is 0.177 e. The normalized spacial score (nSPS) is 10.8. The Bertz CT molecular complexity index is 592. The van der Waals surface area contributed by atoms with Crippen LogP contribution in [-0.2, 0) is 6.54 Å². The maximum Gasteiger partial charge on any atom is 0.177 e. The average Bonchev–Trinajstić information content (AvgIpc) is 2.81. The number of nitrogens with zero attached hydrogens (tertiary/aromatic N) is 2. The van der Waals surface area contributed by atoms with Gasteiger partial charge in [0.15, 0.2) is 5.78 Å². The first-order chi connectivity index (χ1) is 9.49. The van der Waals surface area contributed by atoms with Crippen LogP contribution < -0.4 is 10.6 Å². The molecule has 0 bridgehead atoms. The van der Waals surface area contributed by atoms with Gasteiger partial charge in [-0.2, -0.15) is 0 Å². The van der Waals surface area contributed by atoms with E-state index < -0.39 is 0 Å². The summed E-state index contributed by atoms with van der Waals surface area (Å²) in [7, 11) is 1.99. The lowest BCUT2D eigenvalue weighted by atomic mass is 10.1. The fourth-order valence-corrected chi connectivity index (χ4v) is 3.01. The summed E-state index contributed by atoms with van der Waals surface area (Å²) >= 11 is 1.45. The first-order valence-electron chi connectivity index (χ1n) is 6.52. The highest BCUT2D eigenvalue weighted by atomic mass is 32.1. The van der Waals surface area contributed by atoms with Crippen molar-refractivity contribution in [2.45, 2.75) is 20.4 Å². The zero-order valence-corrected chi connectivity index (χ0v) is 12.8. The summed E-state index contributed by atoms with van der Waals surface area (Å²) in [5.74, 6) is 0.0703. The molecule has 0 unspecified atom stereocenters. The van der Waals surface area contributed by atoms with Crippen LogP contribution in [0.4, 0.5) is 10.7 Å². The van der Waals surface area contributed by atoms with E-state index in [0.29, 0.717) is 10.6 Å². The lowest BCUT2D eigenvalue weighted by Gasteiger charge is -2.16. The Hall–Kier alpha value is -1.88. The Morgan fingerprint density at radius 3 is 2.85 bits per heavy atom. The van der Waals surface area contributed by atoms with Gasteiger partial charge in [-0.05, 0) is 17.7 Å². The van der Waals surface area contributed by atoms with Crippen molar-refractivity contribution in [3.05, 3.63) is 41.0 Å². The molecule has 2 rings (SSSR count). The number of rotatable bonds is 5. The Balaban J connectivity index is 2.17. The summed E-state index contributed by atoms with van der Waals surface area (Å²) in [5.41, 5.74) is 7.66. The molecule has 0 amide bonds. The molecule has 2 heterocycles. The number of Topliss-reactive ketones (excluding diaryl/α,β-unsaturated/α-hetero) is 1. The van der Waals surface area contributed by atoms with Gasteiger partial charge in [0.05, 0.1) is 15.6 Å². The summed E-state index contributed by atoms with van der Waals surface area (Å²) in [6, 6.07) is 5.82. The third-order valence-corrected chi connectivity index (χ3v) is 4.29. The van der Waals surface area contributed by atoms with Crippen LogP contribution in [0.3, 0.4) is 0 Å². The van der Waals surface area contributed by atoms with Gasteiger partial charge in [-0.1, -0.05) is 19.9 Å². The summed E-state index contributed by atoms with van der Waals surface area (Å²) in [5, 5.41) is 0.996. The number of pyridine rings is 1. The molecule has 2 aromatic rings. The molecule has 0 aromatic carbocycles. The van der Waals surface area contributed by atoms with E-state index in [1.807, 2.05) is 45.3 Å². The van der Waals surface area contributed by atoms with E-state index in [9.17, 15) is 4.79 Å². The van der Waals surface area contributed by atoms with Crippen molar-refractivity contribution < 1.29 is 4.79 Å². The standard InChI is InChI=1S/C15H19N3OS/c1-10(2)14(19)15-12(16)7-13(20-15)18(3)9-11-5-4-6-17-8-11/h4-8,10H,9,16H2,1-3H3. The summed E-state index contributed by atoms with van der Waals surface area (Å²) < 4.78 is 0. The first kappa shape index (κ1) is 14.5. The van der Waals surface area contributed by atoms with Crippen molar-refractivity contribution in [3.63, 3.8) is 0 Å². The molecule has 2 N–H and O–H groups in total. The zero-order valence-electron chi connectivity index (χ0n) is 12.0. The number of carbonyl (C=O) groups excluding carboxylic acids is 1. The largest absolute Gasteiger partial charge is 0.397 e. The number of aromatic nitrogens is 1. The maximum absolute atomic E-state index is 12.1.